The van der Waals surface area contributed by atoms with E-state index in [4.69, 9.17) is 17.0 Å². The second kappa shape index (κ2) is 8.92. The standard InChI is InChI=1S/C20H20N4OS/c1-2-25-18-11-7-15(8-12-18)13-21-20(26)24-22-14-17-10-9-16-5-3-4-6-19(16)23-17/h3-12,14H,2,13H2,1H3,(H2,21,24,26)/b22-14-. The molecular weight excluding hydrogens is 344 g/mol. The Kier molecular flexibility index (Phi) is 6.11. The molecule has 2 aromatic carbocycles. The zero-order valence-corrected chi connectivity index (χ0v) is 15.3. The van der Waals surface area contributed by atoms with Gasteiger partial charge in [-0.15, -0.1) is 0 Å². The lowest BCUT2D eigenvalue weighted by Gasteiger charge is -2.08. The Labute approximate surface area is 158 Å². The lowest BCUT2D eigenvalue weighted by Crippen LogP contribution is -2.31. The van der Waals surface area contributed by atoms with Gasteiger partial charge in [0, 0.05) is 11.9 Å². The molecule has 0 unspecified atom stereocenters. The van der Waals surface area contributed by atoms with Crippen LogP contribution in [0.5, 0.6) is 5.75 Å². The van der Waals surface area contributed by atoms with Gasteiger partial charge in [-0.2, -0.15) is 5.10 Å². The van der Waals surface area contributed by atoms with Crippen LogP contribution in [0.4, 0.5) is 0 Å². The van der Waals surface area contributed by atoms with Crippen molar-refractivity contribution in [3.05, 3.63) is 71.9 Å². The molecule has 1 heterocycles. The van der Waals surface area contributed by atoms with Crippen molar-refractivity contribution in [2.75, 3.05) is 6.61 Å². The molecule has 2 N–H and O–H groups in total. The highest BCUT2D eigenvalue weighted by Gasteiger charge is 1.98. The van der Waals surface area contributed by atoms with Crippen LogP contribution in [-0.2, 0) is 6.54 Å². The quantitative estimate of drug-likeness (QED) is 0.397. The first-order valence-corrected chi connectivity index (χ1v) is 8.80. The van der Waals surface area contributed by atoms with Crippen LogP contribution in [0.15, 0.2) is 65.8 Å². The maximum atomic E-state index is 5.42. The normalized spacial score (nSPS) is 10.8. The van der Waals surface area contributed by atoms with Gasteiger partial charge in [-0.3, -0.25) is 5.43 Å². The van der Waals surface area contributed by atoms with Gasteiger partial charge >= 0.3 is 0 Å². The molecule has 0 spiro atoms. The summed E-state index contributed by atoms with van der Waals surface area (Å²) in [5.41, 5.74) is 5.62. The first-order valence-electron chi connectivity index (χ1n) is 8.39. The lowest BCUT2D eigenvalue weighted by atomic mass is 10.2. The van der Waals surface area contributed by atoms with Crippen molar-refractivity contribution in [2.24, 2.45) is 5.10 Å². The van der Waals surface area contributed by atoms with Gasteiger partial charge in [0.05, 0.1) is 24.0 Å². The molecule has 0 bridgehead atoms. The number of thiocarbonyl (C=S) groups is 1. The zero-order valence-electron chi connectivity index (χ0n) is 14.5. The number of pyridine rings is 1. The Morgan fingerprint density at radius 2 is 1.92 bits per heavy atom. The van der Waals surface area contributed by atoms with Crippen LogP contribution in [0.25, 0.3) is 10.9 Å². The van der Waals surface area contributed by atoms with E-state index in [1.54, 1.807) is 6.21 Å². The Bertz CT molecular complexity index is 909. The molecule has 0 fully saturated rings. The van der Waals surface area contributed by atoms with Crippen molar-refractivity contribution < 1.29 is 4.74 Å². The van der Waals surface area contributed by atoms with E-state index >= 15 is 0 Å². The highest BCUT2D eigenvalue weighted by atomic mass is 32.1. The monoisotopic (exact) mass is 364 g/mol. The van der Waals surface area contributed by atoms with Crippen molar-refractivity contribution in [3.63, 3.8) is 0 Å². The lowest BCUT2D eigenvalue weighted by molar-refractivity contribution is 0.340. The minimum atomic E-state index is 0.455. The van der Waals surface area contributed by atoms with E-state index < -0.39 is 0 Å². The van der Waals surface area contributed by atoms with Gasteiger partial charge in [0.1, 0.15) is 5.75 Å². The van der Waals surface area contributed by atoms with E-state index in [9.17, 15) is 0 Å². The summed E-state index contributed by atoms with van der Waals surface area (Å²) in [6.07, 6.45) is 1.65. The average Bonchev–Trinajstić information content (AvgIpc) is 2.67. The van der Waals surface area contributed by atoms with Crippen LogP contribution in [0.1, 0.15) is 18.2 Å². The summed E-state index contributed by atoms with van der Waals surface area (Å²) in [5, 5.41) is 8.81. The van der Waals surface area contributed by atoms with Crippen molar-refractivity contribution in [3.8, 4) is 5.75 Å². The fourth-order valence-corrected chi connectivity index (χ4v) is 2.53. The van der Waals surface area contributed by atoms with E-state index in [0.29, 0.717) is 18.3 Å². The zero-order chi connectivity index (χ0) is 18.2. The maximum absolute atomic E-state index is 5.42. The van der Waals surface area contributed by atoms with E-state index in [1.165, 1.54) is 0 Å². The molecule has 0 saturated carbocycles. The third kappa shape index (κ3) is 5.00. The number of benzene rings is 2. The van der Waals surface area contributed by atoms with Crippen LogP contribution in [-0.4, -0.2) is 22.9 Å². The molecule has 0 saturated heterocycles. The topological polar surface area (TPSA) is 58.5 Å². The van der Waals surface area contributed by atoms with E-state index in [2.05, 4.69) is 20.8 Å². The van der Waals surface area contributed by atoms with E-state index in [1.807, 2.05) is 67.6 Å². The fourth-order valence-electron chi connectivity index (χ4n) is 2.40. The Hall–Kier alpha value is -2.99. The number of aromatic nitrogens is 1. The fraction of sp³-hybridized carbons (Fsp3) is 0.150. The number of hydrazone groups is 1. The molecule has 0 radical (unpaired) electrons. The van der Waals surface area contributed by atoms with Crippen LogP contribution in [0.2, 0.25) is 0 Å². The third-order valence-electron chi connectivity index (χ3n) is 3.67. The Balaban J connectivity index is 1.49. The molecule has 0 aliphatic carbocycles. The molecule has 0 atom stereocenters. The number of fused-ring (bicyclic) bond motifs is 1. The van der Waals surface area contributed by atoms with Crippen LogP contribution < -0.4 is 15.5 Å². The minimum absolute atomic E-state index is 0.455. The van der Waals surface area contributed by atoms with Crippen LogP contribution >= 0.6 is 12.2 Å². The molecule has 1 aromatic heterocycles. The van der Waals surface area contributed by atoms with Crippen molar-refractivity contribution in [2.45, 2.75) is 13.5 Å². The molecular formula is C20H20N4OS. The van der Waals surface area contributed by atoms with Gasteiger partial charge in [0.2, 0.25) is 0 Å². The van der Waals surface area contributed by atoms with Gasteiger partial charge < -0.3 is 10.1 Å². The van der Waals surface area contributed by atoms with Crippen LogP contribution in [0.3, 0.4) is 0 Å². The molecule has 5 nitrogen and oxygen atoms in total. The summed E-state index contributed by atoms with van der Waals surface area (Å²) >= 11 is 5.23. The van der Waals surface area contributed by atoms with Gasteiger partial charge in [-0.05, 0) is 49.0 Å². The third-order valence-corrected chi connectivity index (χ3v) is 3.91. The number of nitrogens with zero attached hydrogens (tertiary/aromatic N) is 2. The second-order valence-corrected chi connectivity index (χ2v) is 5.97. The van der Waals surface area contributed by atoms with Crippen molar-refractivity contribution in [1.29, 1.82) is 0 Å². The van der Waals surface area contributed by atoms with E-state index in [0.717, 1.165) is 27.9 Å². The van der Waals surface area contributed by atoms with Gasteiger partial charge in [0.15, 0.2) is 5.11 Å². The Morgan fingerprint density at radius 3 is 2.73 bits per heavy atom. The first-order chi connectivity index (χ1) is 12.7. The number of hydrogen-bond acceptors (Lipinski definition) is 4. The SMILES string of the molecule is CCOc1ccc(CNC(=S)N/N=C\c2ccc3ccccc3n2)cc1. The predicted molar refractivity (Wildman–Crippen MR) is 110 cm³/mol. The molecule has 0 aliphatic heterocycles. The number of ether oxygens (including phenoxy) is 1. The van der Waals surface area contributed by atoms with Crippen LogP contribution in [0, 0.1) is 0 Å². The summed E-state index contributed by atoms with van der Waals surface area (Å²) in [7, 11) is 0. The summed E-state index contributed by atoms with van der Waals surface area (Å²) in [6, 6.07) is 19.8. The van der Waals surface area contributed by atoms with E-state index in [-0.39, 0.29) is 0 Å². The predicted octanol–water partition coefficient (Wildman–Crippen LogP) is 3.63. The highest BCUT2D eigenvalue weighted by Crippen LogP contribution is 2.12. The number of hydrogen-bond donors (Lipinski definition) is 2. The number of para-hydroxylation sites is 1. The van der Waals surface area contributed by atoms with Gasteiger partial charge in [-0.25, -0.2) is 4.98 Å². The number of nitrogens with one attached hydrogen (secondary N) is 2. The van der Waals surface area contributed by atoms with Crippen molar-refractivity contribution in [1.82, 2.24) is 15.7 Å². The molecule has 0 amide bonds. The molecule has 3 rings (SSSR count). The molecule has 3 aromatic rings. The molecule has 132 valence electrons. The molecule has 0 aliphatic rings. The minimum Gasteiger partial charge on any atom is -0.494 e. The summed E-state index contributed by atoms with van der Waals surface area (Å²) in [4.78, 5) is 4.52. The smallest absolute Gasteiger partial charge is 0.187 e. The summed E-state index contributed by atoms with van der Waals surface area (Å²) in [6.45, 7) is 3.24. The number of rotatable bonds is 6. The molecule has 26 heavy (non-hydrogen) atoms. The summed E-state index contributed by atoms with van der Waals surface area (Å²) in [5.74, 6) is 0.865. The second-order valence-electron chi connectivity index (χ2n) is 5.56. The first kappa shape index (κ1) is 17.8. The Morgan fingerprint density at radius 1 is 1.12 bits per heavy atom. The largest absolute Gasteiger partial charge is 0.494 e. The maximum Gasteiger partial charge on any atom is 0.187 e. The highest BCUT2D eigenvalue weighted by molar-refractivity contribution is 7.80. The van der Waals surface area contributed by atoms with Crippen molar-refractivity contribution >= 4 is 34.4 Å². The average molecular weight is 364 g/mol. The van der Waals surface area contributed by atoms with Gasteiger partial charge in [-0.1, -0.05) is 36.4 Å². The van der Waals surface area contributed by atoms with Gasteiger partial charge in [0.25, 0.3) is 0 Å². The summed E-state index contributed by atoms with van der Waals surface area (Å²) < 4.78 is 5.42. The molecule has 6 heteroatoms.